The number of methoxy groups -OCH3 is 2. The van der Waals surface area contributed by atoms with Gasteiger partial charge in [-0.2, -0.15) is 0 Å². The van der Waals surface area contributed by atoms with Gasteiger partial charge in [0.15, 0.2) is 11.5 Å². The van der Waals surface area contributed by atoms with Gasteiger partial charge in [-0.05, 0) is 30.3 Å². The third-order valence-corrected chi connectivity index (χ3v) is 5.29. The highest BCUT2D eigenvalue weighted by Crippen LogP contribution is 2.32. The number of carbonyl (C=O) groups excluding carboxylic acids is 1. The lowest BCUT2D eigenvalue weighted by Crippen LogP contribution is -3.13. The molecule has 1 N–H and O–H groups in total. The topological polar surface area (TPSA) is 61.7 Å². The molecule has 0 saturated carbocycles. The zero-order valence-electron chi connectivity index (χ0n) is 16.2. The number of piperazine rings is 1. The Morgan fingerprint density at radius 1 is 1.04 bits per heavy atom. The Morgan fingerprint density at radius 2 is 1.71 bits per heavy atom. The van der Waals surface area contributed by atoms with Gasteiger partial charge in [0, 0.05) is 5.56 Å². The first-order valence-corrected chi connectivity index (χ1v) is 9.42. The van der Waals surface area contributed by atoms with Crippen molar-refractivity contribution in [1.82, 2.24) is 4.90 Å². The normalized spacial score (nSPS) is 16.1. The average Bonchev–Trinajstić information content (AvgIpc) is 3.21. The van der Waals surface area contributed by atoms with Crippen molar-refractivity contribution in [3.63, 3.8) is 0 Å². The van der Waals surface area contributed by atoms with Crippen LogP contribution in [0, 0.1) is 0 Å². The van der Waals surface area contributed by atoms with E-state index in [4.69, 9.17) is 18.9 Å². The lowest BCUT2D eigenvalue weighted by atomic mass is 10.1. The molecule has 2 aliphatic rings. The number of nitrogens with zero attached hydrogens (tertiary/aromatic N) is 1. The quantitative estimate of drug-likeness (QED) is 0.831. The van der Waals surface area contributed by atoms with Crippen LogP contribution in [-0.4, -0.2) is 58.0 Å². The van der Waals surface area contributed by atoms with Crippen molar-refractivity contribution in [3.05, 3.63) is 47.5 Å². The Balaban J connectivity index is 1.40. The molecule has 2 aliphatic heterocycles. The largest absolute Gasteiger partial charge is 0.496 e. The smallest absolute Gasteiger partial charge is 0.261 e. The standard InChI is InChI=1S/C21H24N2O5/c1-25-17-4-3-5-18(26-2)20(17)21(24)23-10-8-22(9-11-23)13-15-6-7-16-19(12-15)28-14-27-16/h3-7,12H,8-11,13-14H2,1-2H3/p+1. The minimum Gasteiger partial charge on any atom is -0.496 e. The molecule has 0 unspecified atom stereocenters. The maximum atomic E-state index is 13.1. The number of hydrogen-bond donors (Lipinski definition) is 1. The number of ether oxygens (including phenoxy) is 4. The van der Waals surface area contributed by atoms with E-state index in [1.165, 1.54) is 10.5 Å². The van der Waals surface area contributed by atoms with Crippen LogP contribution in [0.3, 0.4) is 0 Å². The lowest BCUT2D eigenvalue weighted by molar-refractivity contribution is -0.917. The highest BCUT2D eigenvalue weighted by molar-refractivity contribution is 5.99. The van der Waals surface area contributed by atoms with Gasteiger partial charge in [-0.25, -0.2) is 0 Å². The fourth-order valence-corrected chi connectivity index (χ4v) is 3.76. The molecule has 2 aromatic rings. The van der Waals surface area contributed by atoms with E-state index >= 15 is 0 Å². The minimum absolute atomic E-state index is 0.0450. The second kappa shape index (κ2) is 7.98. The third-order valence-electron chi connectivity index (χ3n) is 5.29. The summed E-state index contributed by atoms with van der Waals surface area (Å²) in [6.07, 6.45) is 0. The molecule has 148 valence electrons. The maximum absolute atomic E-state index is 13.1. The van der Waals surface area contributed by atoms with E-state index in [-0.39, 0.29) is 5.91 Å². The fourth-order valence-electron chi connectivity index (χ4n) is 3.76. The molecular weight excluding hydrogens is 360 g/mol. The van der Waals surface area contributed by atoms with Crippen molar-refractivity contribution in [1.29, 1.82) is 0 Å². The predicted octanol–water partition coefficient (Wildman–Crippen LogP) is 0.973. The summed E-state index contributed by atoms with van der Waals surface area (Å²) in [5, 5.41) is 0. The van der Waals surface area contributed by atoms with Crippen molar-refractivity contribution in [3.8, 4) is 23.0 Å². The van der Waals surface area contributed by atoms with Gasteiger partial charge in [0.2, 0.25) is 6.79 Å². The number of rotatable bonds is 5. The lowest BCUT2D eigenvalue weighted by Gasteiger charge is -2.32. The number of carbonyl (C=O) groups is 1. The van der Waals surface area contributed by atoms with Gasteiger partial charge in [-0.3, -0.25) is 4.79 Å². The average molecular weight is 385 g/mol. The van der Waals surface area contributed by atoms with Crippen molar-refractivity contribution in [2.24, 2.45) is 0 Å². The van der Waals surface area contributed by atoms with Gasteiger partial charge >= 0.3 is 0 Å². The summed E-state index contributed by atoms with van der Waals surface area (Å²) < 4.78 is 21.6. The van der Waals surface area contributed by atoms with Gasteiger partial charge in [0.05, 0.1) is 40.4 Å². The summed E-state index contributed by atoms with van der Waals surface area (Å²) >= 11 is 0. The molecule has 7 nitrogen and oxygen atoms in total. The molecule has 0 atom stereocenters. The van der Waals surface area contributed by atoms with Crippen LogP contribution in [0.4, 0.5) is 0 Å². The predicted molar refractivity (Wildman–Crippen MR) is 102 cm³/mol. The van der Waals surface area contributed by atoms with Gasteiger partial charge < -0.3 is 28.7 Å². The van der Waals surface area contributed by atoms with Crippen molar-refractivity contribution in [2.45, 2.75) is 6.54 Å². The molecule has 0 bridgehead atoms. The first-order valence-electron chi connectivity index (χ1n) is 9.42. The monoisotopic (exact) mass is 385 g/mol. The Labute approximate surface area is 164 Å². The molecule has 0 spiro atoms. The molecule has 0 aromatic heterocycles. The summed E-state index contributed by atoms with van der Waals surface area (Å²) in [7, 11) is 3.14. The fraction of sp³-hybridized carbons (Fsp3) is 0.381. The number of fused-ring (bicyclic) bond motifs is 1. The molecule has 2 aromatic carbocycles. The highest BCUT2D eigenvalue weighted by Gasteiger charge is 2.29. The Hall–Kier alpha value is -2.93. The van der Waals surface area contributed by atoms with E-state index in [2.05, 4.69) is 6.07 Å². The third kappa shape index (κ3) is 3.57. The van der Waals surface area contributed by atoms with Crippen LogP contribution >= 0.6 is 0 Å². The zero-order chi connectivity index (χ0) is 19.5. The van der Waals surface area contributed by atoms with Crippen molar-refractivity contribution in [2.75, 3.05) is 47.2 Å². The van der Waals surface area contributed by atoms with E-state index in [0.717, 1.165) is 31.1 Å². The number of benzene rings is 2. The number of hydrogen-bond acceptors (Lipinski definition) is 5. The summed E-state index contributed by atoms with van der Waals surface area (Å²) in [6.45, 7) is 4.35. The van der Waals surface area contributed by atoms with Gasteiger partial charge in [0.1, 0.15) is 23.6 Å². The Morgan fingerprint density at radius 3 is 2.39 bits per heavy atom. The van der Waals surface area contributed by atoms with Crippen LogP contribution in [0.25, 0.3) is 0 Å². The molecule has 7 heteroatoms. The zero-order valence-corrected chi connectivity index (χ0v) is 16.2. The second-order valence-corrected chi connectivity index (χ2v) is 6.94. The van der Waals surface area contributed by atoms with Crippen LogP contribution < -0.4 is 23.8 Å². The van der Waals surface area contributed by atoms with Crippen molar-refractivity contribution < 1.29 is 28.6 Å². The minimum atomic E-state index is -0.0450. The van der Waals surface area contributed by atoms with Gasteiger partial charge in [-0.15, -0.1) is 0 Å². The van der Waals surface area contributed by atoms with Crippen LogP contribution in [0.1, 0.15) is 15.9 Å². The summed E-state index contributed by atoms with van der Waals surface area (Å²) in [4.78, 5) is 16.4. The molecule has 4 rings (SSSR count). The second-order valence-electron chi connectivity index (χ2n) is 6.94. The number of nitrogens with one attached hydrogen (secondary N) is 1. The van der Waals surface area contributed by atoms with E-state index < -0.39 is 0 Å². The Bertz CT molecular complexity index is 840. The van der Waals surface area contributed by atoms with Crippen molar-refractivity contribution >= 4 is 5.91 Å². The maximum Gasteiger partial charge on any atom is 0.261 e. The first kappa shape index (κ1) is 18.4. The summed E-state index contributed by atoms with van der Waals surface area (Å²) in [6, 6.07) is 11.5. The molecule has 2 heterocycles. The summed E-state index contributed by atoms with van der Waals surface area (Å²) in [5.41, 5.74) is 1.71. The summed E-state index contributed by atoms with van der Waals surface area (Å²) in [5.74, 6) is 2.66. The molecule has 1 fully saturated rings. The van der Waals surface area contributed by atoms with E-state index in [1.807, 2.05) is 23.1 Å². The van der Waals surface area contributed by atoms with Crippen LogP contribution in [0.2, 0.25) is 0 Å². The van der Waals surface area contributed by atoms with Crippen LogP contribution in [-0.2, 0) is 6.54 Å². The van der Waals surface area contributed by atoms with E-state index in [1.54, 1.807) is 26.4 Å². The van der Waals surface area contributed by atoms with E-state index in [0.29, 0.717) is 36.9 Å². The molecule has 28 heavy (non-hydrogen) atoms. The molecule has 1 amide bonds. The SMILES string of the molecule is COc1cccc(OC)c1C(=O)N1CC[NH+](Cc2ccc3c(c2)OCO3)CC1. The molecule has 1 saturated heterocycles. The first-order chi connectivity index (χ1) is 13.7. The number of amides is 1. The number of quaternary nitrogens is 1. The van der Waals surface area contributed by atoms with Gasteiger partial charge in [-0.1, -0.05) is 6.07 Å². The van der Waals surface area contributed by atoms with Crippen LogP contribution in [0.15, 0.2) is 36.4 Å². The van der Waals surface area contributed by atoms with Crippen LogP contribution in [0.5, 0.6) is 23.0 Å². The van der Waals surface area contributed by atoms with E-state index in [9.17, 15) is 4.79 Å². The molecule has 0 radical (unpaired) electrons. The molecular formula is C21H25N2O5+. The van der Waals surface area contributed by atoms with Gasteiger partial charge in [0.25, 0.3) is 5.91 Å². The molecule has 0 aliphatic carbocycles. The Kier molecular flexibility index (Phi) is 5.25. The highest BCUT2D eigenvalue weighted by atomic mass is 16.7.